The van der Waals surface area contributed by atoms with Gasteiger partial charge in [0.2, 0.25) is 0 Å². The summed E-state index contributed by atoms with van der Waals surface area (Å²) in [5, 5.41) is 0. The number of rotatable bonds is 6. The average Bonchev–Trinajstić information content (AvgIpc) is 3.30. The van der Waals surface area contributed by atoms with E-state index in [-0.39, 0.29) is 7.43 Å². The Morgan fingerprint density at radius 1 is 0.839 bits per heavy atom. The van der Waals surface area contributed by atoms with E-state index in [4.69, 9.17) is 17.0 Å². The van der Waals surface area contributed by atoms with Crippen LogP contribution < -0.4 is 0 Å². The van der Waals surface area contributed by atoms with Crippen molar-refractivity contribution in [2.45, 2.75) is 70.1 Å². The first-order chi connectivity index (χ1) is 14.5. The molecule has 0 N–H and O–H groups in total. The van der Waals surface area contributed by atoms with Crippen LogP contribution in [0.15, 0.2) is 48.6 Å². The van der Waals surface area contributed by atoms with Crippen molar-refractivity contribution in [2.24, 2.45) is 35.5 Å². The quantitative estimate of drug-likeness (QED) is 0.226. The van der Waals surface area contributed by atoms with Gasteiger partial charge in [0.15, 0.2) is 0 Å². The Hall–Kier alpha value is 0.640. The molecule has 0 heterocycles. The van der Waals surface area contributed by atoms with Gasteiger partial charge in [-0.2, -0.15) is 11.5 Å². The molecule has 0 spiro atoms. The molecular weight excluding hydrogens is 515 g/mol. The Balaban J connectivity index is 0.000000808. The van der Waals surface area contributed by atoms with Gasteiger partial charge in [0, 0.05) is 8.07 Å². The van der Waals surface area contributed by atoms with Crippen LogP contribution in [0.5, 0.6) is 0 Å². The molecule has 2 saturated carbocycles. The van der Waals surface area contributed by atoms with Crippen molar-refractivity contribution >= 4 is 25.1 Å². The molecule has 4 rings (SSSR count). The van der Waals surface area contributed by atoms with Crippen molar-refractivity contribution in [1.29, 1.82) is 0 Å². The van der Waals surface area contributed by atoms with E-state index in [1.165, 1.54) is 32.1 Å². The molecule has 0 bridgehead atoms. The summed E-state index contributed by atoms with van der Waals surface area (Å²) in [4.78, 5) is 0. The first-order valence-electron chi connectivity index (χ1n) is 12.0. The Kier molecular flexibility index (Phi) is 11.6. The molecule has 2 fully saturated rings. The molecule has 0 aromatic carbocycles. The summed E-state index contributed by atoms with van der Waals surface area (Å²) in [5.74, 6) is 4.91. The summed E-state index contributed by atoms with van der Waals surface area (Å²) in [7, 11) is 8.45. The number of halogens is 2. The molecule has 0 aromatic heterocycles. The van der Waals surface area contributed by atoms with Crippen LogP contribution in [0, 0.1) is 49.4 Å². The monoisotopic (exact) mass is 554 g/mol. The second kappa shape index (κ2) is 12.9. The summed E-state index contributed by atoms with van der Waals surface area (Å²) in [5.41, 5.74) is 1.80. The van der Waals surface area contributed by atoms with Gasteiger partial charge in [0.1, 0.15) is 0 Å². The zero-order valence-corrected chi connectivity index (χ0v) is 25.1. The van der Waals surface area contributed by atoms with Crippen molar-refractivity contribution < 1.29 is 20.8 Å². The van der Waals surface area contributed by atoms with E-state index in [0.717, 1.165) is 46.6 Å². The fourth-order valence-corrected chi connectivity index (χ4v) is 12.0. The standard InChI is InChI=1S/C26H39Si.CH3.2ClH.Zr/c1-5-11-19-17-25(23-15-9-7-13-21(19)23)27(3,4)26-18-20(12-6-2)22-14-8-10-16-24(22)26;;;;/h7-10,13-17,19-26H,5-6,11-12,18H2,1-4H3;1H3;2*1H;/q2*-1;;;+4/p-2. The van der Waals surface area contributed by atoms with Crippen molar-refractivity contribution in [3.8, 4) is 0 Å². The van der Waals surface area contributed by atoms with E-state index in [1.54, 1.807) is 0 Å². The molecule has 4 heteroatoms. The molecule has 0 aliphatic heterocycles. The fourth-order valence-electron chi connectivity index (χ4n) is 7.20. The van der Waals surface area contributed by atoms with Gasteiger partial charge in [-0.3, -0.25) is 0 Å². The predicted octanol–water partition coefficient (Wildman–Crippen LogP) is 9.43. The van der Waals surface area contributed by atoms with Crippen molar-refractivity contribution in [3.05, 3.63) is 62.5 Å². The minimum atomic E-state index is -1.42. The topological polar surface area (TPSA) is 0 Å². The van der Waals surface area contributed by atoms with Crippen LogP contribution in [0.2, 0.25) is 24.2 Å². The second-order valence-electron chi connectivity index (χ2n) is 10.3. The van der Waals surface area contributed by atoms with Gasteiger partial charge in [0.25, 0.3) is 0 Å². The number of allylic oxidation sites excluding steroid dienone is 8. The molecule has 0 saturated heterocycles. The molecule has 8 unspecified atom stereocenters. The second-order valence-corrected chi connectivity index (χ2v) is 19.1. The number of hydrogen-bond donors (Lipinski definition) is 0. The van der Waals surface area contributed by atoms with Gasteiger partial charge in [-0.25, -0.2) is 0 Å². The van der Waals surface area contributed by atoms with E-state index in [0.29, 0.717) is 0 Å². The Morgan fingerprint density at radius 3 is 1.94 bits per heavy atom. The van der Waals surface area contributed by atoms with Crippen LogP contribution in [0.4, 0.5) is 0 Å². The molecule has 0 nitrogen and oxygen atoms in total. The van der Waals surface area contributed by atoms with Gasteiger partial charge in [-0.05, 0) is 41.6 Å². The number of fused-ring (bicyclic) bond motifs is 2. The minimum absolute atomic E-state index is 0. The third-order valence-corrected chi connectivity index (χ3v) is 13.3. The predicted molar refractivity (Wildman–Crippen MR) is 139 cm³/mol. The third-order valence-electron chi connectivity index (χ3n) is 8.47. The van der Waals surface area contributed by atoms with E-state index < -0.39 is 28.9 Å². The molecular formula is C27H42Cl2SiZr. The first kappa shape index (κ1) is 27.9. The summed E-state index contributed by atoms with van der Waals surface area (Å²) < 4.78 is 0. The van der Waals surface area contributed by atoms with Crippen molar-refractivity contribution in [3.63, 3.8) is 0 Å². The fraction of sp³-hybridized carbons (Fsp3) is 0.630. The zero-order chi connectivity index (χ0) is 21.7. The third kappa shape index (κ3) is 6.01. The summed E-state index contributed by atoms with van der Waals surface area (Å²) >= 11 is -0.826. The molecule has 31 heavy (non-hydrogen) atoms. The molecule has 172 valence electrons. The SMILES string of the molecule is CCCC1[CH-]C([Si](C)(C)C2CC(CCC)C3C=CC=CC32)C2C=CC=CC12.[CH3-].[Cl][Zr+2][Cl]. The molecule has 4 aliphatic rings. The number of hydrogen-bond acceptors (Lipinski definition) is 0. The summed E-state index contributed by atoms with van der Waals surface area (Å²) in [6, 6.07) is 0. The Morgan fingerprint density at radius 2 is 1.35 bits per heavy atom. The molecule has 0 radical (unpaired) electrons. The maximum atomic E-state index is 4.93. The van der Waals surface area contributed by atoms with Crippen LogP contribution in [0.3, 0.4) is 0 Å². The normalized spacial score (nSPS) is 37.4. The van der Waals surface area contributed by atoms with E-state index >= 15 is 0 Å². The Labute approximate surface area is 212 Å². The Bertz CT molecular complexity index is 614. The summed E-state index contributed by atoms with van der Waals surface area (Å²) in [6.07, 6.45) is 29.4. The molecule has 8 atom stereocenters. The van der Waals surface area contributed by atoms with Gasteiger partial charge >= 0.3 is 37.9 Å². The van der Waals surface area contributed by atoms with E-state index in [9.17, 15) is 0 Å². The van der Waals surface area contributed by atoms with Gasteiger partial charge in [-0.1, -0.05) is 101 Å². The maximum absolute atomic E-state index is 4.93. The van der Waals surface area contributed by atoms with Gasteiger partial charge < -0.3 is 13.8 Å². The van der Waals surface area contributed by atoms with Crippen LogP contribution in [0.1, 0.15) is 46.0 Å². The van der Waals surface area contributed by atoms with Crippen LogP contribution in [-0.4, -0.2) is 8.07 Å². The van der Waals surface area contributed by atoms with Crippen LogP contribution >= 0.6 is 17.0 Å². The van der Waals surface area contributed by atoms with Crippen LogP contribution in [0.25, 0.3) is 0 Å². The molecule has 0 aromatic rings. The van der Waals surface area contributed by atoms with Gasteiger partial charge in [0.05, 0.1) is 0 Å². The van der Waals surface area contributed by atoms with Gasteiger partial charge in [-0.15, -0.1) is 0 Å². The van der Waals surface area contributed by atoms with E-state index in [1.807, 2.05) is 0 Å². The van der Waals surface area contributed by atoms with Crippen molar-refractivity contribution in [1.82, 2.24) is 0 Å². The molecule has 0 amide bonds. The van der Waals surface area contributed by atoms with Crippen molar-refractivity contribution in [2.75, 3.05) is 0 Å². The summed E-state index contributed by atoms with van der Waals surface area (Å²) in [6.45, 7) is 10.2. The zero-order valence-electron chi connectivity index (χ0n) is 20.1. The first-order valence-corrected chi connectivity index (χ1v) is 21.5. The van der Waals surface area contributed by atoms with Crippen LogP contribution in [-0.2, 0) is 20.8 Å². The van der Waals surface area contributed by atoms with E-state index in [2.05, 4.69) is 82.0 Å². The average molecular weight is 557 g/mol. The molecule has 4 aliphatic carbocycles.